The molecule has 0 saturated heterocycles. The molecule has 2 aliphatic rings. The molecule has 13 heteroatoms. The van der Waals surface area contributed by atoms with Crippen molar-refractivity contribution in [2.75, 3.05) is 11.9 Å². The fourth-order valence-electron chi connectivity index (χ4n) is 3.77. The van der Waals surface area contributed by atoms with Crippen molar-refractivity contribution >= 4 is 44.8 Å². The van der Waals surface area contributed by atoms with E-state index in [1.165, 1.54) is 18.6 Å². The zero-order valence-electron chi connectivity index (χ0n) is 17.8. The van der Waals surface area contributed by atoms with Crippen LogP contribution in [-0.4, -0.2) is 57.6 Å². The average molecular weight is 527 g/mol. The molecule has 0 amide bonds. The summed E-state index contributed by atoms with van der Waals surface area (Å²) in [6, 6.07) is 1.24. The van der Waals surface area contributed by atoms with Crippen molar-refractivity contribution in [2.24, 2.45) is 11.8 Å². The highest BCUT2D eigenvalue weighted by molar-refractivity contribution is 7.83. The maximum absolute atomic E-state index is 13.2. The summed E-state index contributed by atoms with van der Waals surface area (Å²) in [6.45, 7) is -0.115. The average Bonchev–Trinajstić information content (AvgIpc) is 3.43. The largest absolute Gasteiger partial charge is 0.393 e. The van der Waals surface area contributed by atoms with Crippen LogP contribution < -0.4 is 10.0 Å². The minimum absolute atomic E-state index is 0.115. The van der Waals surface area contributed by atoms with E-state index in [2.05, 4.69) is 27.1 Å². The van der Waals surface area contributed by atoms with Gasteiger partial charge < -0.3 is 15.5 Å². The topological polar surface area (TPSA) is 162 Å². The van der Waals surface area contributed by atoms with Crippen LogP contribution in [0.5, 0.6) is 0 Å². The first kappa shape index (κ1) is 25.0. The Hall–Kier alpha value is -2.11. The predicted octanol–water partition coefficient (Wildman–Crippen LogP) is 1.81. The van der Waals surface area contributed by atoms with E-state index in [1.54, 1.807) is 0 Å². The summed E-state index contributed by atoms with van der Waals surface area (Å²) in [6.07, 6.45) is 3.52. The highest BCUT2D eigenvalue weighted by Gasteiger charge is 2.34. The number of halogens is 1. The molecular formula is C21H23ClN4O6S2. The Kier molecular flexibility index (Phi) is 7.54. The predicted molar refractivity (Wildman–Crippen MR) is 126 cm³/mol. The van der Waals surface area contributed by atoms with Gasteiger partial charge in [0.25, 0.3) is 0 Å². The first-order valence-electron chi connectivity index (χ1n) is 10.6. The van der Waals surface area contributed by atoms with Crippen LogP contribution >= 0.6 is 22.9 Å². The van der Waals surface area contributed by atoms with Gasteiger partial charge in [0.15, 0.2) is 0 Å². The molecule has 182 valence electrons. The molecule has 5 N–H and O–H groups in total. The lowest BCUT2D eigenvalue weighted by molar-refractivity contribution is 0.104. The molecule has 0 spiro atoms. The molecule has 4 atom stereocenters. The Balaban J connectivity index is 1.47. The van der Waals surface area contributed by atoms with E-state index in [1.807, 2.05) is 4.72 Å². The van der Waals surface area contributed by atoms with Gasteiger partial charge in [0.2, 0.25) is 5.78 Å². The molecule has 0 aliphatic heterocycles. The van der Waals surface area contributed by atoms with Crippen LogP contribution in [0, 0.1) is 23.7 Å². The van der Waals surface area contributed by atoms with E-state index in [9.17, 15) is 23.4 Å². The molecule has 34 heavy (non-hydrogen) atoms. The van der Waals surface area contributed by atoms with Crippen LogP contribution in [0.15, 0.2) is 18.6 Å². The fraction of sp³-hybridized carbons (Fsp3) is 0.476. The first-order chi connectivity index (χ1) is 16.1. The number of carbonyl (C=O) groups is 1. The Morgan fingerprint density at radius 3 is 2.82 bits per heavy atom. The SMILES string of the molecule is O=C(c1cc([C@H](O)C#CC2CC2)c(Cl)s1)c1cncnc1N[C@@H]1C[C@H](CNS(=O)(=O)O)[C@@H](O)C1. The van der Waals surface area contributed by atoms with Gasteiger partial charge in [-0.25, -0.2) is 9.97 Å². The van der Waals surface area contributed by atoms with E-state index < -0.39 is 28.4 Å². The second-order valence-electron chi connectivity index (χ2n) is 8.38. The van der Waals surface area contributed by atoms with Gasteiger partial charge in [0, 0.05) is 36.2 Å². The van der Waals surface area contributed by atoms with Crippen molar-refractivity contribution in [3.63, 3.8) is 0 Å². The third-order valence-electron chi connectivity index (χ3n) is 5.72. The Morgan fingerprint density at radius 2 is 2.12 bits per heavy atom. The van der Waals surface area contributed by atoms with E-state index in [4.69, 9.17) is 16.2 Å². The van der Waals surface area contributed by atoms with Crippen LogP contribution in [0.4, 0.5) is 5.82 Å². The van der Waals surface area contributed by atoms with E-state index in [-0.39, 0.29) is 34.1 Å². The molecule has 10 nitrogen and oxygen atoms in total. The van der Waals surface area contributed by atoms with Gasteiger partial charge in [0.05, 0.1) is 16.5 Å². The van der Waals surface area contributed by atoms with Crippen LogP contribution in [0.25, 0.3) is 0 Å². The van der Waals surface area contributed by atoms with Crippen molar-refractivity contribution in [2.45, 2.75) is 43.9 Å². The lowest BCUT2D eigenvalue weighted by Crippen LogP contribution is -2.32. The summed E-state index contributed by atoms with van der Waals surface area (Å²) < 4.78 is 33.0. The number of aliphatic hydroxyl groups is 2. The Morgan fingerprint density at radius 1 is 1.35 bits per heavy atom. The van der Waals surface area contributed by atoms with Crippen molar-refractivity contribution in [3.8, 4) is 11.8 Å². The quantitative estimate of drug-likeness (QED) is 0.196. The Bertz CT molecular complexity index is 1240. The summed E-state index contributed by atoms with van der Waals surface area (Å²) in [5.74, 6) is 5.55. The van der Waals surface area contributed by atoms with Crippen molar-refractivity contribution in [3.05, 3.63) is 38.9 Å². The number of nitrogens with one attached hydrogen (secondary N) is 2. The van der Waals surface area contributed by atoms with Crippen LogP contribution in [0.3, 0.4) is 0 Å². The first-order valence-corrected chi connectivity index (χ1v) is 13.2. The molecule has 2 saturated carbocycles. The smallest absolute Gasteiger partial charge is 0.333 e. The number of carbonyl (C=O) groups excluding carboxylic acids is 1. The number of thiophene rings is 1. The number of hydrogen-bond donors (Lipinski definition) is 5. The molecule has 0 aromatic carbocycles. The second kappa shape index (κ2) is 10.2. The van der Waals surface area contributed by atoms with Gasteiger partial charge in [-0.15, -0.1) is 11.3 Å². The molecule has 0 unspecified atom stereocenters. The number of anilines is 1. The van der Waals surface area contributed by atoms with Crippen molar-refractivity contribution < 1.29 is 28.0 Å². The summed E-state index contributed by atoms with van der Waals surface area (Å²) >= 11 is 7.30. The fourth-order valence-corrected chi connectivity index (χ4v) is 5.47. The molecular weight excluding hydrogens is 504 g/mol. The summed E-state index contributed by atoms with van der Waals surface area (Å²) in [4.78, 5) is 21.6. The zero-order valence-corrected chi connectivity index (χ0v) is 20.2. The summed E-state index contributed by atoms with van der Waals surface area (Å²) in [5.41, 5.74) is 0.571. The standard InChI is InChI=1S/C21H23ClN4O6S2/c22-20-14(16(27)4-3-11-1-2-11)7-18(33-20)19(29)15-9-23-10-24-21(15)26-13-5-12(17(28)6-13)8-25-34(30,31)32/h7,9-13,16-17,25,27-28H,1-2,5-6,8H2,(H,23,24,26)(H,30,31,32)/t12-,13-,16-,17+/m1/s1. The Labute approximate surface area is 205 Å². The van der Waals surface area contributed by atoms with E-state index in [0.29, 0.717) is 29.2 Å². The van der Waals surface area contributed by atoms with Gasteiger partial charge in [-0.2, -0.15) is 13.1 Å². The molecule has 2 aromatic rings. The monoisotopic (exact) mass is 526 g/mol. The van der Waals surface area contributed by atoms with Gasteiger partial charge in [0.1, 0.15) is 22.6 Å². The number of ketones is 1. The second-order valence-corrected chi connectivity index (χ2v) is 11.3. The van der Waals surface area contributed by atoms with Crippen LogP contribution in [0.1, 0.15) is 52.6 Å². The van der Waals surface area contributed by atoms with Crippen LogP contribution in [0.2, 0.25) is 4.34 Å². The van der Waals surface area contributed by atoms with Crippen LogP contribution in [-0.2, 0) is 10.3 Å². The molecule has 0 bridgehead atoms. The lowest BCUT2D eigenvalue weighted by Gasteiger charge is -2.15. The number of aromatic nitrogens is 2. The highest BCUT2D eigenvalue weighted by Crippen LogP contribution is 2.35. The number of rotatable bonds is 8. The van der Waals surface area contributed by atoms with Gasteiger partial charge >= 0.3 is 10.3 Å². The minimum atomic E-state index is -4.36. The van der Waals surface area contributed by atoms with Crippen molar-refractivity contribution in [1.29, 1.82) is 0 Å². The maximum atomic E-state index is 13.2. The van der Waals surface area contributed by atoms with Gasteiger partial charge in [-0.1, -0.05) is 23.4 Å². The summed E-state index contributed by atoms with van der Waals surface area (Å²) in [7, 11) is -4.36. The van der Waals surface area contributed by atoms with Gasteiger partial charge in [-0.05, 0) is 31.7 Å². The molecule has 2 aromatic heterocycles. The van der Waals surface area contributed by atoms with Crippen molar-refractivity contribution in [1.82, 2.24) is 14.7 Å². The zero-order chi connectivity index (χ0) is 24.5. The third kappa shape index (κ3) is 6.31. The number of nitrogens with zero attached hydrogens (tertiary/aromatic N) is 2. The van der Waals surface area contributed by atoms with E-state index in [0.717, 1.165) is 24.2 Å². The number of aliphatic hydroxyl groups excluding tert-OH is 2. The summed E-state index contributed by atoms with van der Waals surface area (Å²) in [5, 5.41) is 23.7. The minimum Gasteiger partial charge on any atom is -0.393 e. The maximum Gasteiger partial charge on any atom is 0.333 e. The molecule has 0 radical (unpaired) electrons. The molecule has 2 aliphatic carbocycles. The normalized spacial score (nSPS) is 23.2. The number of hydrogen-bond acceptors (Lipinski definition) is 9. The van der Waals surface area contributed by atoms with Gasteiger partial charge in [-0.3, -0.25) is 9.35 Å². The molecule has 2 fully saturated rings. The molecule has 4 rings (SSSR count). The molecule has 2 heterocycles. The van der Waals surface area contributed by atoms with E-state index >= 15 is 0 Å². The third-order valence-corrected chi connectivity index (χ3v) is 7.64. The highest BCUT2D eigenvalue weighted by atomic mass is 35.5. The lowest BCUT2D eigenvalue weighted by atomic mass is 10.1.